The summed E-state index contributed by atoms with van der Waals surface area (Å²) in [4.78, 5) is 47.9. The molecule has 0 bridgehead atoms. The first kappa shape index (κ1) is 31.5. The fraction of sp³-hybridized carbons (Fsp3) is 0.455. The average molecular weight is 620 g/mol. The van der Waals surface area contributed by atoms with Gasteiger partial charge in [0.25, 0.3) is 11.8 Å². The summed E-state index contributed by atoms with van der Waals surface area (Å²) in [7, 11) is 1.75. The molecule has 1 fully saturated rings. The van der Waals surface area contributed by atoms with E-state index in [1.165, 1.54) is 17.8 Å². The molecule has 44 heavy (non-hydrogen) atoms. The summed E-state index contributed by atoms with van der Waals surface area (Å²) >= 11 is 1.52. The number of aliphatic hydroxyl groups excluding tert-OH is 1. The van der Waals surface area contributed by atoms with Crippen molar-refractivity contribution in [3.8, 4) is 16.3 Å². The van der Waals surface area contributed by atoms with Crippen LogP contribution in [0.5, 0.6) is 5.75 Å². The van der Waals surface area contributed by atoms with Gasteiger partial charge in [-0.15, -0.1) is 11.3 Å². The molecular weight excluding hydrogens is 578 g/mol. The Labute approximate surface area is 262 Å². The van der Waals surface area contributed by atoms with Crippen molar-refractivity contribution in [2.45, 2.75) is 64.1 Å². The second-order valence-corrected chi connectivity index (χ2v) is 12.7. The molecule has 2 heterocycles. The van der Waals surface area contributed by atoms with Crippen LogP contribution in [0.3, 0.4) is 0 Å². The van der Waals surface area contributed by atoms with Gasteiger partial charge in [-0.25, -0.2) is 9.78 Å². The number of thiazole rings is 1. The van der Waals surface area contributed by atoms with Gasteiger partial charge in [-0.2, -0.15) is 0 Å². The SMILES string of the molecule is C[C@H]1CN([C@@H](C)CO)C(=O)c2cccc(NC(=O)c3ccc(-c4nccs4)cc3)c2O[C@H]1CN(C)C(=O)NC1CCCCC1. The lowest BCUT2D eigenvalue weighted by atomic mass is 9.96. The third kappa shape index (κ3) is 7.22. The molecule has 0 saturated heterocycles. The minimum Gasteiger partial charge on any atom is -0.485 e. The third-order valence-corrected chi connectivity index (χ3v) is 9.32. The Kier molecular flexibility index (Phi) is 10.2. The van der Waals surface area contributed by atoms with Crippen LogP contribution in [0, 0.1) is 5.92 Å². The molecule has 11 heteroatoms. The molecule has 2 aromatic carbocycles. The molecule has 0 spiro atoms. The molecule has 1 aliphatic heterocycles. The molecule has 3 aromatic rings. The summed E-state index contributed by atoms with van der Waals surface area (Å²) in [6.45, 7) is 4.18. The van der Waals surface area contributed by atoms with Gasteiger partial charge < -0.3 is 30.3 Å². The van der Waals surface area contributed by atoms with Crippen LogP contribution in [-0.4, -0.2) is 82.7 Å². The predicted octanol–water partition coefficient (Wildman–Crippen LogP) is 5.26. The second-order valence-electron chi connectivity index (χ2n) is 11.8. The highest BCUT2D eigenvalue weighted by molar-refractivity contribution is 7.13. The lowest BCUT2D eigenvalue weighted by Gasteiger charge is -2.38. The number of carbonyl (C=O) groups excluding carboxylic acids is 3. The standard InChI is InChI=1S/C33H41N5O5S/c1-21-18-38(22(2)20-39)32(41)26-10-7-11-27(36-30(40)23-12-14-24(15-13-23)31-34-16-17-44-31)29(26)43-28(21)19-37(3)33(42)35-25-8-5-4-6-9-25/h7,10-17,21-22,25,28,39H,4-6,8-9,18-20H2,1-3H3,(H,35,42)(H,36,40)/t21-,22-,28-/m0/s1. The van der Waals surface area contributed by atoms with Crippen LogP contribution in [0.4, 0.5) is 10.5 Å². The second kappa shape index (κ2) is 14.2. The Morgan fingerprint density at radius 2 is 1.91 bits per heavy atom. The number of benzene rings is 2. The van der Waals surface area contributed by atoms with Gasteiger partial charge in [-0.1, -0.05) is 44.4 Å². The summed E-state index contributed by atoms with van der Waals surface area (Å²) in [5, 5.41) is 18.8. The maximum absolute atomic E-state index is 13.8. The molecule has 3 atom stereocenters. The topological polar surface area (TPSA) is 124 Å². The lowest BCUT2D eigenvalue weighted by Crippen LogP contribution is -2.52. The molecule has 0 unspecified atom stereocenters. The molecule has 3 N–H and O–H groups in total. The average Bonchev–Trinajstić information content (AvgIpc) is 3.58. The van der Waals surface area contributed by atoms with Crippen molar-refractivity contribution in [1.29, 1.82) is 0 Å². The number of aromatic nitrogens is 1. The largest absolute Gasteiger partial charge is 0.485 e. The summed E-state index contributed by atoms with van der Waals surface area (Å²) in [5.41, 5.74) is 2.00. The number of carbonyl (C=O) groups is 3. The lowest BCUT2D eigenvalue weighted by molar-refractivity contribution is 0.0367. The van der Waals surface area contributed by atoms with E-state index in [4.69, 9.17) is 4.74 Å². The van der Waals surface area contributed by atoms with Crippen molar-refractivity contribution in [3.05, 3.63) is 65.2 Å². The molecule has 10 nitrogen and oxygen atoms in total. The molecule has 4 amide bonds. The van der Waals surface area contributed by atoms with Crippen molar-refractivity contribution >= 4 is 34.9 Å². The number of ether oxygens (including phenoxy) is 1. The van der Waals surface area contributed by atoms with Crippen LogP contribution in [0.1, 0.15) is 66.7 Å². The van der Waals surface area contributed by atoms with Crippen LogP contribution in [0.25, 0.3) is 10.6 Å². The maximum atomic E-state index is 13.8. The fourth-order valence-electron chi connectivity index (χ4n) is 5.77. The van der Waals surface area contributed by atoms with Crippen molar-refractivity contribution < 1.29 is 24.2 Å². The van der Waals surface area contributed by atoms with E-state index >= 15 is 0 Å². The number of hydrogen-bond donors (Lipinski definition) is 3. The number of amides is 4. The number of hydrogen-bond acceptors (Lipinski definition) is 7. The van der Waals surface area contributed by atoms with Crippen molar-refractivity contribution in [2.24, 2.45) is 5.92 Å². The smallest absolute Gasteiger partial charge is 0.317 e. The Balaban J connectivity index is 1.40. The van der Waals surface area contributed by atoms with Gasteiger partial charge in [0.15, 0.2) is 5.75 Å². The van der Waals surface area contributed by atoms with Crippen LogP contribution in [0.2, 0.25) is 0 Å². The monoisotopic (exact) mass is 619 g/mol. The molecule has 0 radical (unpaired) electrons. The fourth-order valence-corrected chi connectivity index (χ4v) is 6.41. The van der Waals surface area contributed by atoms with E-state index in [0.717, 1.165) is 36.3 Å². The van der Waals surface area contributed by atoms with E-state index in [-0.39, 0.29) is 54.3 Å². The van der Waals surface area contributed by atoms with E-state index < -0.39 is 12.1 Å². The van der Waals surface area contributed by atoms with Crippen molar-refractivity contribution in [1.82, 2.24) is 20.1 Å². The first-order chi connectivity index (χ1) is 21.2. The number of likely N-dealkylation sites (N-methyl/N-ethyl adjacent to an activating group) is 1. The summed E-state index contributed by atoms with van der Waals surface area (Å²) in [6, 6.07) is 11.8. The molecule has 2 aliphatic rings. The molecule has 234 valence electrons. The van der Waals surface area contributed by atoms with Crippen molar-refractivity contribution in [3.63, 3.8) is 0 Å². The first-order valence-electron chi connectivity index (χ1n) is 15.3. The molecule has 1 aromatic heterocycles. The molecule has 5 rings (SSSR count). The Morgan fingerprint density at radius 3 is 2.59 bits per heavy atom. The van der Waals surface area contributed by atoms with Crippen LogP contribution >= 0.6 is 11.3 Å². The summed E-state index contributed by atoms with van der Waals surface area (Å²) in [6.07, 6.45) is 6.65. The number of aliphatic hydroxyl groups is 1. The Hall–Kier alpha value is -3.96. The normalized spacial score (nSPS) is 19.6. The number of para-hydroxylation sites is 1. The van der Waals surface area contributed by atoms with Crippen LogP contribution < -0.4 is 15.4 Å². The highest BCUT2D eigenvalue weighted by atomic mass is 32.1. The van der Waals surface area contributed by atoms with E-state index in [1.54, 1.807) is 60.3 Å². The van der Waals surface area contributed by atoms with Gasteiger partial charge in [0.05, 0.1) is 30.4 Å². The Bertz CT molecular complexity index is 1440. The highest BCUT2D eigenvalue weighted by Crippen LogP contribution is 2.35. The van der Waals surface area contributed by atoms with E-state index in [1.807, 2.05) is 24.4 Å². The molecule has 1 saturated carbocycles. The van der Waals surface area contributed by atoms with Crippen molar-refractivity contribution in [2.75, 3.05) is 32.1 Å². The zero-order chi connectivity index (χ0) is 31.2. The van der Waals surface area contributed by atoms with Gasteiger partial charge in [0, 0.05) is 48.3 Å². The summed E-state index contributed by atoms with van der Waals surface area (Å²) in [5.74, 6) is -0.582. The van der Waals surface area contributed by atoms with E-state index in [0.29, 0.717) is 17.8 Å². The number of rotatable bonds is 8. The third-order valence-electron chi connectivity index (χ3n) is 8.50. The van der Waals surface area contributed by atoms with Crippen LogP contribution in [-0.2, 0) is 0 Å². The number of urea groups is 1. The van der Waals surface area contributed by atoms with E-state index in [2.05, 4.69) is 15.6 Å². The van der Waals surface area contributed by atoms with Crippen LogP contribution in [0.15, 0.2) is 54.0 Å². The van der Waals surface area contributed by atoms with Gasteiger partial charge in [-0.3, -0.25) is 9.59 Å². The van der Waals surface area contributed by atoms with Gasteiger partial charge in [-0.05, 0) is 44.0 Å². The zero-order valence-corrected chi connectivity index (χ0v) is 26.3. The zero-order valence-electron chi connectivity index (χ0n) is 25.5. The number of nitrogens with one attached hydrogen (secondary N) is 2. The minimum atomic E-state index is -0.493. The minimum absolute atomic E-state index is 0.158. The number of anilines is 1. The quantitative estimate of drug-likeness (QED) is 0.316. The summed E-state index contributed by atoms with van der Waals surface area (Å²) < 4.78 is 6.57. The predicted molar refractivity (Wildman–Crippen MR) is 171 cm³/mol. The number of nitrogens with zero attached hydrogens (tertiary/aromatic N) is 3. The van der Waals surface area contributed by atoms with Gasteiger partial charge in [0.2, 0.25) is 0 Å². The molecular formula is C33H41N5O5S. The molecule has 1 aliphatic carbocycles. The highest BCUT2D eigenvalue weighted by Gasteiger charge is 2.35. The first-order valence-corrected chi connectivity index (χ1v) is 16.2. The van der Waals surface area contributed by atoms with E-state index in [9.17, 15) is 19.5 Å². The van der Waals surface area contributed by atoms with Gasteiger partial charge in [0.1, 0.15) is 11.1 Å². The van der Waals surface area contributed by atoms with Gasteiger partial charge >= 0.3 is 6.03 Å². The maximum Gasteiger partial charge on any atom is 0.317 e. The Morgan fingerprint density at radius 1 is 1.16 bits per heavy atom. The number of fused-ring (bicyclic) bond motifs is 1.